The normalized spacial score (nSPS) is 22.8. The second-order valence-corrected chi connectivity index (χ2v) is 4.32. The second-order valence-electron chi connectivity index (χ2n) is 3.12. The maximum absolute atomic E-state index is 5.95. The molecule has 0 amide bonds. The second kappa shape index (κ2) is 2.76. The van der Waals surface area contributed by atoms with E-state index < -0.39 is 0 Å². The summed E-state index contributed by atoms with van der Waals surface area (Å²) in [4.78, 5) is 1.30. The minimum Gasteiger partial charge on any atom is -0.311 e. The van der Waals surface area contributed by atoms with Crippen molar-refractivity contribution in [2.75, 3.05) is 7.05 Å². The third-order valence-electron chi connectivity index (χ3n) is 2.12. The number of aryl methyl sites for hydroxylation is 1. The lowest BCUT2D eigenvalue weighted by atomic mass is 10.1. The molecule has 64 valence electrons. The Bertz CT molecular complexity index is 311. The molecular weight excluding hydrogens is 168 g/mol. The van der Waals surface area contributed by atoms with Gasteiger partial charge < -0.3 is 5.73 Å². The van der Waals surface area contributed by atoms with Crippen LogP contribution in [0.15, 0.2) is 23.1 Å². The predicted molar refractivity (Wildman–Crippen MR) is 51.7 cm³/mol. The van der Waals surface area contributed by atoms with Crippen molar-refractivity contribution in [3.05, 3.63) is 29.3 Å². The molecule has 2 nitrogen and oxygen atoms in total. The van der Waals surface area contributed by atoms with E-state index in [0.29, 0.717) is 0 Å². The van der Waals surface area contributed by atoms with Crippen LogP contribution in [0.5, 0.6) is 0 Å². The zero-order chi connectivity index (χ0) is 8.72. The molecular formula is C9H12N2S. The fourth-order valence-electron chi connectivity index (χ4n) is 1.37. The summed E-state index contributed by atoms with van der Waals surface area (Å²) in [6.07, 6.45) is 0.0607. The van der Waals surface area contributed by atoms with E-state index in [1.54, 1.807) is 11.9 Å². The van der Waals surface area contributed by atoms with Gasteiger partial charge in [-0.1, -0.05) is 12.1 Å². The van der Waals surface area contributed by atoms with Gasteiger partial charge in [-0.2, -0.15) is 0 Å². The smallest absolute Gasteiger partial charge is 0.0941 e. The van der Waals surface area contributed by atoms with Crippen molar-refractivity contribution < 1.29 is 0 Å². The highest BCUT2D eigenvalue weighted by Crippen LogP contribution is 2.40. The van der Waals surface area contributed by atoms with Crippen LogP contribution < -0.4 is 5.73 Å². The molecule has 3 heteroatoms. The topological polar surface area (TPSA) is 29.3 Å². The first-order valence-electron chi connectivity index (χ1n) is 3.95. The van der Waals surface area contributed by atoms with Crippen molar-refractivity contribution in [1.29, 1.82) is 0 Å². The van der Waals surface area contributed by atoms with Crippen molar-refractivity contribution >= 4 is 11.9 Å². The van der Waals surface area contributed by atoms with E-state index in [9.17, 15) is 0 Å². The van der Waals surface area contributed by atoms with Gasteiger partial charge in [0.2, 0.25) is 0 Å². The highest BCUT2D eigenvalue weighted by Gasteiger charge is 2.24. The Balaban J connectivity index is 2.47. The molecule has 0 saturated heterocycles. The molecule has 0 radical (unpaired) electrons. The van der Waals surface area contributed by atoms with Crippen LogP contribution in [-0.2, 0) is 0 Å². The fourth-order valence-corrected chi connectivity index (χ4v) is 2.44. The van der Waals surface area contributed by atoms with Crippen LogP contribution in [0.1, 0.15) is 17.3 Å². The van der Waals surface area contributed by atoms with Gasteiger partial charge in [-0.3, -0.25) is 0 Å². The lowest BCUT2D eigenvalue weighted by molar-refractivity contribution is 0.447. The minimum atomic E-state index is 0.0607. The highest BCUT2D eigenvalue weighted by molar-refractivity contribution is 7.97. The third-order valence-corrected chi connectivity index (χ3v) is 3.19. The van der Waals surface area contributed by atoms with E-state index in [1.807, 2.05) is 7.05 Å². The molecule has 1 aliphatic heterocycles. The molecule has 2 rings (SSSR count). The number of hydrogen-bond donors (Lipinski definition) is 1. The summed E-state index contributed by atoms with van der Waals surface area (Å²) in [7, 11) is 2.02. The Hall–Kier alpha value is -0.510. The molecule has 0 bridgehead atoms. The van der Waals surface area contributed by atoms with Crippen molar-refractivity contribution in [2.24, 2.45) is 5.73 Å². The van der Waals surface area contributed by atoms with Crippen LogP contribution in [0, 0.1) is 6.92 Å². The summed E-state index contributed by atoms with van der Waals surface area (Å²) in [5, 5.41) is 0. The van der Waals surface area contributed by atoms with Gasteiger partial charge in [0.05, 0.1) is 6.17 Å². The first kappa shape index (κ1) is 8.10. The van der Waals surface area contributed by atoms with Crippen LogP contribution in [0.25, 0.3) is 0 Å². The van der Waals surface area contributed by atoms with E-state index in [-0.39, 0.29) is 6.17 Å². The number of nitrogens with zero attached hydrogens (tertiary/aromatic N) is 1. The lowest BCUT2D eigenvalue weighted by Gasteiger charge is -2.12. The molecule has 12 heavy (non-hydrogen) atoms. The SMILES string of the molecule is Cc1ccc2c(c1)SN(C)C2N. The molecule has 0 fully saturated rings. The Labute approximate surface area is 76.9 Å². The zero-order valence-corrected chi connectivity index (χ0v) is 8.06. The maximum Gasteiger partial charge on any atom is 0.0941 e. The maximum atomic E-state index is 5.95. The van der Waals surface area contributed by atoms with Gasteiger partial charge in [-0.15, -0.1) is 0 Å². The largest absolute Gasteiger partial charge is 0.311 e. The molecule has 1 unspecified atom stereocenters. The van der Waals surface area contributed by atoms with Gasteiger partial charge in [-0.05, 0) is 43.1 Å². The Morgan fingerprint density at radius 1 is 1.50 bits per heavy atom. The van der Waals surface area contributed by atoms with Crippen molar-refractivity contribution in [3.63, 3.8) is 0 Å². The Kier molecular flexibility index (Phi) is 1.87. The average molecular weight is 180 g/mol. The van der Waals surface area contributed by atoms with Gasteiger partial charge in [0, 0.05) is 4.90 Å². The van der Waals surface area contributed by atoms with Crippen molar-refractivity contribution in [3.8, 4) is 0 Å². The quantitative estimate of drug-likeness (QED) is 0.618. The van der Waals surface area contributed by atoms with Crippen molar-refractivity contribution in [1.82, 2.24) is 4.31 Å². The highest BCUT2D eigenvalue weighted by atomic mass is 32.2. The number of nitrogens with two attached hydrogens (primary N) is 1. The third kappa shape index (κ3) is 1.14. The Morgan fingerprint density at radius 3 is 3.00 bits per heavy atom. The van der Waals surface area contributed by atoms with Gasteiger partial charge in [0.15, 0.2) is 0 Å². The van der Waals surface area contributed by atoms with E-state index in [2.05, 4.69) is 29.4 Å². The number of rotatable bonds is 0. The van der Waals surface area contributed by atoms with Gasteiger partial charge in [-0.25, -0.2) is 4.31 Å². The fraction of sp³-hybridized carbons (Fsp3) is 0.333. The van der Waals surface area contributed by atoms with E-state index >= 15 is 0 Å². The van der Waals surface area contributed by atoms with Crippen LogP contribution in [0.2, 0.25) is 0 Å². The van der Waals surface area contributed by atoms with Crippen LogP contribution in [0.4, 0.5) is 0 Å². The van der Waals surface area contributed by atoms with Gasteiger partial charge in [0.1, 0.15) is 0 Å². The first-order chi connectivity index (χ1) is 5.68. The molecule has 2 N–H and O–H groups in total. The summed E-state index contributed by atoms with van der Waals surface area (Å²) >= 11 is 1.72. The standard InChI is InChI=1S/C9H12N2S/c1-6-3-4-7-8(5-6)12-11(2)9(7)10/h3-5,9H,10H2,1-2H3. The zero-order valence-electron chi connectivity index (χ0n) is 7.24. The monoisotopic (exact) mass is 180 g/mol. The minimum absolute atomic E-state index is 0.0607. The molecule has 1 aromatic carbocycles. The molecule has 0 spiro atoms. The van der Waals surface area contributed by atoms with Crippen molar-refractivity contribution in [2.45, 2.75) is 18.0 Å². The van der Waals surface area contributed by atoms with E-state index in [1.165, 1.54) is 16.0 Å². The Morgan fingerprint density at radius 2 is 2.25 bits per heavy atom. The first-order valence-corrected chi connectivity index (χ1v) is 4.73. The summed E-state index contributed by atoms with van der Waals surface area (Å²) in [6, 6.07) is 6.41. The summed E-state index contributed by atoms with van der Waals surface area (Å²) in [5.41, 5.74) is 8.48. The number of fused-ring (bicyclic) bond motifs is 1. The molecule has 1 aliphatic rings. The molecule has 1 atom stereocenters. The average Bonchev–Trinajstić information content (AvgIpc) is 2.28. The molecule has 0 saturated carbocycles. The summed E-state index contributed by atoms with van der Waals surface area (Å²) in [5.74, 6) is 0. The summed E-state index contributed by atoms with van der Waals surface area (Å²) in [6.45, 7) is 2.10. The van der Waals surface area contributed by atoms with Gasteiger partial charge >= 0.3 is 0 Å². The molecule has 0 aliphatic carbocycles. The molecule has 1 heterocycles. The van der Waals surface area contributed by atoms with Gasteiger partial charge in [0.25, 0.3) is 0 Å². The molecule has 1 aromatic rings. The lowest BCUT2D eigenvalue weighted by Crippen LogP contribution is -2.20. The van der Waals surface area contributed by atoms with Crippen LogP contribution in [0.3, 0.4) is 0 Å². The number of hydrogen-bond acceptors (Lipinski definition) is 3. The van der Waals surface area contributed by atoms with E-state index in [0.717, 1.165) is 0 Å². The predicted octanol–water partition coefficient (Wildman–Crippen LogP) is 1.90. The molecule has 0 aromatic heterocycles. The van der Waals surface area contributed by atoms with Crippen LogP contribution in [-0.4, -0.2) is 11.4 Å². The number of benzene rings is 1. The van der Waals surface area contributed by atoms with Crippen LogP contribution >= 0.6 is 11.9 Å². The summed E-state index contributed by atoms with van der Waals surface area (Å²) < 4.78 is 2.07. The van der Waals surface area contributed by atoms with E-state index in [4.69, 9.17) is 5.73 Å².